The van der Waals surface area contributed by atoms with Gasteiger partial charge in [0.25, 0.3) is 0 Å². The molecule has 3 aliphatic rings. The van der Waals surface area contributed by atoms with Crippen molar-refractivity contribution in [2.45, 2.75) is 69.4 Å². The van der Waals surface area contributed by atoms with Gasteiger partial charge < -0.3 is 14.8 Å². The highest BCUT2D eigenvalue weighted by Gasteiger charge is 2.36. The molecule has 3 atom stereocenters. The van der Waals surface area contributed by atoms with Crippen LogP contribution in [0.2, 0.25) is 0 Å². The lowest BCUT2D eigenvalue weighted by Gasteiger charge is -2.23. The molecule has 7 rings (SSSR count). The number of benzene rings is 2. The summed E-state index contributed by atoms with van der Waals surface area (Å²) in [6.07, 6.45) is 5.02. The van der Waals surface area contributed by atoms with Crippen LogP contribution < -0.4 is 0 Å². The number of hydrogen-bond acceptors (Lipinski definition) is 5. The molecular weight excluding hydrogens is 482 g/mol. The Labute approximate surface area is 219 Å². The minimum atomic E-state index is -0.956. The third kappa shape index (κ3) is 3.47. The number of aliphatic hydroxyl groups is 1. The van der Waals surface area contributed by atoms with E-state index in [-0.39, 0.29) is 16.9 Å². The molecule has 188 valence electrons. The molecule has 2 aromatic carbocycles. The highest BCUT2D eigenvalue weighted by Crippen LogP contribution is 2.51. The van der Waals surface area contributed by atoms with Gasteiger partial charge in [0.2, 0.25) is 0 Å². The van der Waals surface area contributed by atoms with E-state index >= 15 is 0 Å². The van der Waals surface area contributed by atoms with Crippen LogP contribution in [0, 0.1) is 0 Å². The Morgan fingerprint density at radius 2 is 1.89 bits per heavy atom. The van der Waals surface area contributed by atoms with Gasteiger partial charge in [-0.1, -0.05) is 43.2 Å². The molecule has 4 aromatic rings. The van der Waals surface area contributed by atoms with Gasteiger partial charge in [0, 0.05) is 21.9 Å². The minimum absolute atomic E-state index is 0.184. The Kier molecular flexibility index (Phi) is 5.24. The fraction of sp³-hybridized carbons (Fsp3) is 0.367. The summed E-state index contributed by atoms with van der Waals surface area (Å²) >= 11 is 1.76. The summed E-state index contributed by atoms with van der Waals surface area (Å²) in [5, 5.41) is 24.7. The van der Waals surface area contributed by atoms with Gasteiger partial charge in [0.05, 0.1) is 44.3 Å². The predicted molar refractivity (Wildman–Crippen MR) is 149 cm³/mol. The van der Waals surface area contributed by atoms with Gasteiger partial charge in [0.1, 0.15) is 0 Å². The van der Waals surface area contributed by atoms with Gasteiger partial charge in [0.15, 0.2) is 6.23 Å². The fourth-order valence-electron chi connectivity index (χ4n) is 6.70. The first-order valence-electron chi connectivity index (χ1n) is 13.2. The van der Waals surface area contributed by atoms with Gasteiger partial charge in [-0.25, -0.2) is 4.79 Å². The number of aliphatic imine (C=N–C) groups is 1. The second-order valence-corrected chi connectivity index (χ2v) is 12.0. The van der Waals surface area contributed by atoms with Crippen LogP contribution in [0.1, 0.15) is 90.5 Å². The molecule has 1 aliphatic carbocycles. The molecule has 4 heterocycles. The predicted octanol–water partition coefficient (Wildman–Crippen LogP) is 7.05. The van der Waals surface area contributed by atoms with Crippen molar-refractivity contribution in [1.82, 2.24) is 9.55 Å². The van der Waals surface area contributed by atoms with Crippen LogP contribution in [0.3, 0.4) is 0 Å². The van der Waals surface area contributed by atoms with Crippen LogP contribution >= 0.6 is 11.8 Å². The van der Waals surface area contributed by atoms with Crippen molar-refractivity contribution in [3.8, 4) is 11.3 Å². The Bertz CT molecular complexity index is 1630. The summed E-state index contributed by atoms with van der Waals surface area (Å²) in [5.41, 5.74) is 7.09. The lowest BCUT2D eigenvalue weighted by atomic mass is 9.81. The lowest BCUT2D eigenvalue weighted by Crippen LogP contribution is -2.07. The monoisotopic (exact) mass is 511 g/mol. The summed E-state index contributed by atoms with van der Waals surface area (Å²) in [7, 11) is 0. The molecule has 0 radical (unpaired) electrons. The van der Waals surface area contributed by atoms with E-state index < -0.39 is 12.2 Å². The number of carboxylic acids is 1. The lowest BCUT2D eigenvalue weighted by molar-refractivity contribution is 0.0697. The van der Waals surface area contributed by atoms with Crippen molar-refractivity contribution in [1.29, 1.82) is 0 Å². The molecule has 0 spiro atoms. The van der Waals surface area contributed by atoms with Gasteiger partial charge in [-0.05, 0) is 68.5 Å². The Balaban J connectivity index is 1.42. The number of carbonyl (C=O) groups is 1. The average Bonchev–Trinajstić information content (AvgIpc) is 3.51. The number of aliphatic hydroxyl groups excluding tert-OH is 1. The molecule has 0 bridgehead atoms. The van der Waals surface area contributed by atoms with E-state index in [2.05, 4.69) is 30.1 Å². The molecule has 1 saturated carbocycles. The van der Waals surface area contributed by atoms with Crippen molar-refractivity contribution in [3.05, 3.63) is 64.8 Å². The number of nitrogens with zero attached hydrogens (tertiary/aromatic N) is 3. The summed E-state index contributed by atoms with van der Waals surface area (Å²) in [5.74, 6) is -0.552. The number of aromatic carboxylic acids is 1. The SMILES string of the molecule is CC1=NC(C)C(c2ccc3cc4c(cc3n2)C(O)n2c-4c(C3CCCCC3)c3ccc(C(=O)O)cc32)S1. The van der Waals surface area contributed by atoms with Crippen LogP contribution in [0.4, 0.5) is 0 Å². The summed E-state index contributed by atoms with van der Waals surface area (Å²) in [4.78, 5) is 21.5. The summed E-state index contributed by atoms with van der Waals surface area (Å²) in [6, 6.07) is 14.0. The molecule has 3 unspecified atom stereocenters. The normalized spacial score (nSPS) is 23.4. The van der Waals surface area contributed by atoms with Crippen LogP contribution in [0.5, 0.6) is 0 Å². The first kappa shape index (κ1) is 23.0. The van der Waals surface area contributed by atoms with Gasteiger partial charge in [-0.3, -0.25) is 9.98 Å². The van der Waals surface area contributed by atoms with Crippen molar-refractivity contribution >= 4 is 44.6 Å². The number of fused-ring (bicyclic) bond motifs is 6. The molecule has 2 aromatic heterocycles. The quantitative estimate of drug-likeness (QED) is 0.308. The van der Waals surface area contributed by atoms with E-state index in [0.29, 0.717) is 5.92 Å². The molecule has 2 aliphatic heterocycles. The van der Waals surface area contributed by atoms with Crippen LogP contribution in [0.15, 0.2) is 47.5 Å². The Morgan fingerprint density at radius 1 is 1.08 bits per heavy atom. The van der Waals surface area contributed by atoms with Crippen molar-refractivity contribution in [3.63, 3.8) is 0 Å². The molecule has 2 N–H and O–H groups in total. The van der Waals surface area contributed by atoms with E-state index in [0.717, 1.165) is 62.2 Å². The molecule has 37 heavy (non-hydrogen) atoms. The molecule has 6 nitrogen and oxygen atoms in total. The maximum atomic E-state index is 11.8. The number of rotatable bonds is 3. The Hall–Kier alpha value is -3.16. The highest BCUT2D eigenvalue weighted by molar-refractivity contribution is 8.14. The van der Waals surface area contributed by atoms with Gasteiger partial charge in [-0.2, -0.15) is 0 Å². The molecular formula is C30H29N3O3S. The zero-order valence-electron chi connectivity index (χ0n) is 20.9. The van der Waals surface area contributed by atoms with Gasteiger partial charge in [-0.15, -0.1) is 0 Å². The summed E-state index contributed by atoms with van der Waals surface area (Å²) in [6.45, 7) is 4.17. The zero-order chi connectivity index (χ0) is 25.4. The maximum Gasteiger partial charge on any atom is 0.335 e. The molecule has 1 fully saturated rings. The van der Waals surface area contributed by atoms with Crippen molar-refractivity contribution < 1.29 is 15.0 Å². The van der Waals surface area contributed by atoms with Crippen LogP contribution in [-0.4, -0.2) is 36.8 Å². The zero-order valence-corrected chi connectivity index (χ0v) is 21.8. The minimum Gasteiger partial charge on any atom is -0.478 e. The van der Waals surface area contributed by atoms with E-state index in [1.54, 1.807) is 23.9 Å². The largest absolute Gasteiger partial charge is 0.478 e. The second kappa shape index (κ2) is 8.43. The van der Waals surface area contributed by atoms with E-state index in [1.165, 1.54) is 24.8 Å². The first-order valence-corrected chi connectivity index (χ1v) is 14.0. The molecule has 7 heteroatoms. The number of aromatic nitrogens is 2. The summed E-state index contributed by atoms with van der Waals surface area (Å²) < 4.78 is 1.96. The highest BCUT2D eigenvalue weighted by atomic mass is 32.2. The smallest absolute Gasteiger partial charge is 0.335 e. The number of carboxylic acid groups (broad SMARTS) is 1. The molecule has 0 amide bonds. The Morgan fingerprint density at radius 3 is 2.62 bits per heavy atom. The first-order chi connectivity index (χ1) is 17.9. The fourth-order valence-corrected chi connectivity index (χ4v) is 7.80. The van der Waals surface area contributed by atoms with Crippen LogP contribution in [0.25, 0.3) is 33.1 Å². The van der Waals surface area contributed by atoms with E-state index in [9.17, 15) is 15.0 Å². The second-order valence-electron chi connectivity index (χ2n) is 10.7. The maximum absolute atomic E-state index is 11.8. The standard InChI is InChI=1S/C30H29N3O3S/c1-15-28(37-16(2)31-15)23-11-9-18-12-21-22(14-24(18)32-23)29(34)33-25-13-19(30(35)36)8-10-20(25)26(27(21)33)17-6-4-3-5-7-17/h8-15,17,28-29,34H,3-7H2,1-2H3,(H,35,36). The van der Waals surface area contributed by atoms with Crippen molar-refractivity contribution in [2.24, 2.45) is 4.99 Å². The topological polar surface area (TPSA) is 87.7 Å². The van der Waals surface area contributed by atoms with Gasteiger partial charge >= 0.3 is 5.97 Å². The third-order valence-electron chi connectivity index (χ3n) is 8.38. The van der Waals surface area contributed by atoms with Crippen LogP contribution in [-0.2, 0) is 0 Å². The number of hydrogen-bond donors (Lipinski definition) is 2. The van der Waals surface area contributed by atoms with Crippen molar-refractivity contribution in [2.75, 3.05) is 0 Å². The number of thioether (sulfide) groups is 1. The van der Waals surface area contributed by atoms with E-state index in [1.807, 2.05) is 23.6 Å². The number of pyridine rings is 1. The molecule has 0 saturated heterocycles. The average molecular weight is 512 g/mol. The third-order valence-corrected chi connectivity index (χ3v) is 9.71. The van der Waals surface area contributed by atoms with E-state index in [4.69, 9.17) is 4.98 Å².